The fourth-order valence-electron chi connectivity index (χ4n) is 3.88. The number of piperidine rings is 1. The van der Waals surface area contributed by atoms with Crippen LogP contribution in [0.15, 0.2) is 29.4 Å². The van der Waals surface area contributed by atoms with Crippen LogP contribution in [0.2, 0.25) is 0 Å². The average Bonchev–Trinajstić information content (AvgIpc) is 3.16. The molecule has 0 radical (unpaired) electrons. The maximum absolute atomic E-state index is 12.9. The van der Waals surface area contributed by atoms with Crippen molar-refractivity contribution in [3.63, 3.8) is 0 Å². The number of nitrogens with one attached hydrogen (secondary N) is 1. The third-order valence-corrected chi connectivity index (χ3v) is 7.90. The van der Waals surface area contributed by atoms with Crippen molar-refractivity contribution in [2.24, 2.45) is 18.9 Å². The molecule has 1 fully saturated rings. The molecule has 10 heteroatoms. The first-order valence-electron chi connectivity index (χ1n) is 11.6. The highest BCUT2D eigenvalue weighted by Crippen LogP contribution is 2.31. The summed E-state index contributed by atoms with van der Waals surface area (Å²) in [7, 11) is -0.296. The first-order chi connectivity index (χ1) is 16.0. The van der Waals surface area contributed by atoms with Gasteiger partial charge in [0.25, 0.3) is 10.0 Å². The van der Waals surface area contributed by atoms with E-state index in [1.165, 1.54) is 10.5 Å². The fourth-order valence-corrected chi connectivity index (χ4v) is 5.38. The third kappa shape index (κ3) is 5.90. The van der Waals surface area contributed by atoms with Gasteiger partial charge >= 0.3 is 0 Å². The van der Waals surface area contributed by atoms with Crippen LogP contribution in [0.25, 0.3) is 0 Å². The minimum atomic E-state index is -3.66. The molecular formula is C24H36N4O5S. The van der Waals surface area contributed by atoms with Gasteiger partial charge in [-0.1, -0.05) is 19.9 Å². The van der Waals surface area contributed by atoms with Gasteiger partial charge in [-0.2, -0.15) is 4.31 Å². The normalized spacial score (nSPS) is 16.4. The van der Waals surface area contributed by atoms with Crippen LogP contribution in [-0.4, -0.2) is 55.0 Å². The van der Waals surface area contributed by atoms with E-state index in [-0.39, 0.29) is 22.9 Å². The van der Waals surface area contributed by atoms with Gasteiger partial charge in [0.1, 0.15) is 5.82 Å². The zero-order valence-electron chi connectivity index (χ0n) is 20.9. The molecular weight excluding hydrogens is 456 g/mol. The fraction of sp³-hybridized carbons (Fsp3) is 0.583. The number of sulfonamides is 1. The maximum atomic E-state index is 12.9. The lowest BCUT2D eigenvalue weighted by Crippen LogP contribution is -2.43. The van der Waals surface area contributed by atoms with Crippen LogP contribution < -0.4 is 14.8 Å². The molecule has 0 aliphatic carbocycles. The number of hydrogen-bond donors (Lipinski definition) is 1. The molecule has 1 N–H and O–H groups in total. The Kier molecular flexibility index (Phi) is 8.25. The van der Waals surface area contributed by atoms with Gasteiger partial charge in [0.15, 0.2) is 16.5 Å². The molecule has 3 rings (SSSR count). The summed E-state index contributed by atoms with van der Waals surface area (Å²) in [5, 5.41) is 3.12. The minimum Gasteiger partial charge on any atom is -0.493 e. The topological polar surface area (TPSA) is 103 Å². The number of aryl methyl sites for hydroxylation is 2. The Bertz CT molecular complexity index is 1090. The zero-order chi connectivity index (χ0) is 25.0. The van der Waals surface area contributed by atoms with Gasteiger partial charge in [-0.3, -0.25) is 4.79 Å². The van der Waals surface area contributed by atoms with E-state index in [0.29, 0.717) is 55.8 Å². The van der Waals surface area contributed by atoms with Crippen molar-refractivity contribution in [2.75, 3.05) is 26.8 Å². The molecule has 1 atom stereocenters. The molecule has 1 aromatic carbocycles. The summed E-state index contributed by atoms with van der Waals surface area (Å²) in [4.78, 5) is 17.1. The summed E-state index contributed by atoms with van der Waals surface area (Å²) < 4.78 is 40.2. The van der Waals surface area contributed by atoms with E-state index >= 15 is 0 Å². The standard InChI is InChI=1S/C24H36N4O5S/c1-16(2)15-33-21-8-7-20(13-22(21)32-6)17(3)25-24(29)19-9-11-28(12-10-19)34(30,31)23-14-27(5)18(4)26-23/h7-8,13-14,16-17,19H,9-12,15H2,1-6H3,(H,25,29). The van der Waals surface area contributed by atoms with Gasteiger partial charge in [-0.25, -0.2) is 13.4 Å². The van der Waals surface area contributed by atoms with Crippen molar-refractivity contribution >= 4 is 15.9 Å². The first-order valence-corrected chi connectivity index (χ1v) is 13.1. The number of carbonyl (C=O) groups excluding carboxylic acids is 1. The lowest BCUT2D eigenvalue weighted by Gasteiger charge is -2.30. The van der Waals surface area contributed by atoms with E-state index in [1.807, 2.05) is 25.1 Å². The van der Waals surface area contributed by atoms with Crippen molar-refractivity contribution in [3.8, 4) is 11.5 Å². The Labute approximate surface area is 202 Å². The predicted octanol–water partition coefficient (Wildman–Crippen LogP) is 3.05. The van der Waals surface area contributed by atoms with Gasteiger partial charge in [0.2, 0.25) is 5.91 Å². The molecule has 2 aromatic rings. The third-order valence-electron chi connectivity index (χ3n) is 6.13. The van der Waals surface area contributed by atoms with E-state index in [0.717, 1.165) is 5.56 Å². The smallest absolute Gasteiger partial charge is 0.262 e. The number of imidazole rings is 1. The van der Waals surface area contributed by atoms with Crippen molar-refractivity contribution in [1.29, 1.82) is 0 Å². The van der Waals surface area contributed by atoms with E-state index < -0.39 is 10.0 Å². The highest BCUT2D eigenvalue weighted by molar-refractivity contribution is 7.89. The van der Waals surface area contributed by atoms with Crippen LogP contribution in [0.3, 0.4) is 0 Å². The predicted molar refractivity (Wildman–Crippen MR) is 129 cm³/mol. The van der Waals surface area contributed by atoms with Crippen molar-refractivity contribution in [3.05, 3.63) is 35.8 Å². The summed E-state index contributed by atoms with van der Waals surface area (Å²) in [5.74, 6) is 2.03. The highest BCUT2D eigenvalue weighted by atomic mass is 32.2. The largest absolute Gasteiger partial charge is 0.493 e. The molecule has 0 bridgehead atoms. The number of hydrogen-bond acceptors (Lipinski definition) is 6. The summed E-state index contributed by atoms with van der Waals surface area (Å²) in [5.41, 5.74) is 0.910. The number of methoxy groups -OCH3 is 1. The highest BCUT2D eigenvalue weighted by Gasteiger charge is 2.34. The van der Waals surface area contributed by atoms with Crippen LogP contribution in [0, 0.1) is 18.8 Å². The lowest BCUT2D eigenvalue weighted by molar-refractivity contribution is -0.126. The summed E-state index contributed by atoms with van der Waals surface area (Å²) in [6.07, 6.45) is 2.46. The number of benzene rings is 1. The molecule has 1 unspecified atom stereocenters. The molecule has 2 heterocycles. The zero-order valence-corrected chi connectivity index (χ0v) is 21.7. The van der Waals surface area contributed by atoms with Crippen LogP contribution in [0.4, 0.5) is 0 Å². The molecule has 1 amide bonds. The van der Waals surface area contributed by atoms with Gasteiger partial charge in [0.05, 0.1) is 19.8 Å². The number of carbonyl (C=O) groups is 1. The van der Waals surface area contributed by atoms with E-state index in [9.17, 15) is 13.2 Å². The number of aromatic nitrogens is 2. The summed E-state index contributed by atoms with van der Waals surface area (Å²) in [6, 6.07) is 5.44. The van der Waals surface area contributed by atoms with E-state index in [4.69, 9.17) is 9.47 Å². The monoisotopic (exact) mass is 492 g/mol. The maximum Gasteiger partial charge on any atom is 0.262 e. The minimum absolute atomic E-state index is 0.0544. The van der Waals surface area contributed by atoms with Crippen LogP contribution >= 0.6 is 0 Å². The second-order valence-corrected chi connectivity index (χ2v) is 11.1. The first kappa shape index (κ1) is 26.0. The summed E-state index contributed by atoms with van der Waals surface area (Å²) in [6.45, 7) is 9.02. The molecule has 9 nitrogen and oxygen atoms in total. The van der Waals surface area contributed by atoms with E-state index in [1.54, 1.807) is 25.6 Å². The molecule has 188 valence electrons. The van der Waals surface area contributed by atoms with Gasteiger partial charge < -0.3 is 19.4 Å². The van der Waals surface area contributed by atoms with Crippen molar-refractivity contribution < 1.29 is 22.7 Å². The Balaban J connectivity index is 1.58. The molecule has 1 aromatic heterocycles. The average molecular weight is 493 g/mol. The second kappa shape index (κ2) is 10.8. The number of nitrogens with zero attached hydrogens (tertiary/aromatic N) is 3. The Morgan fingerprint density at radius 3 is 2.44 bits per heavy atom. The second-order valence-electron chi connectivity index (χ2n) is 9.26. The van der Waals surface area contributed by atoms with Crippen LogP contribution in [-0.2, 0) is 21.9 Å². The van der Waals surface area contributed by atoms with E-state index in [2.05, 4.69) is 24.1 Å². The SMILES string of the molecule is COc1cc(C(C)NC(=O)C2CCN(S(=O)(=O)c3cn(C)c(C)n3)CC2)ccc1OCC(C)C. The molecule has 1 aliphatic rings. The number of ether oxygens (including phenoxy) is 2. The van der Waals surface area contributed by atoms with Crippen LogP contribution in [0.1, 0.15) is 51.0 Å². The Morgan fingerprint density at radius 2 is 1.88 bits per heavy atom. The lowest BCUT2D eigenvalue weighted by atomic mass is 9.96. The molecule has 1 saturated heterocycles. The van der Waals surface area contributed by atoms with Crippen LogP contribution in [0.5, 0.6) is 11.5 Å². The van der Waals surface area contributed by atoms with Crippen molar-refractivity contribution in [1.82, 2.24) is 19.2 Å². The van der Waals surface area contributed by atoms with Gasteiger partial charge in [0, 0.05) is 32.3 Å². The van der Waals surface area contributed by atoms with Gasteiger partial charge in [-0.05, 0) is 50.3 Å². The van der Waals surface area contributed by atoms with Crippen molar-refractivity contribution in [2.45, 2.75) is 51.6 Å². The molecule has 34 heavy (non-hydrogen) atoms. The quantitative estimate of drug-likeness (QED) is 0.577. The summed E-state index contributed by atoms with van der Waals surface area (Å²) >= 11 is 0. The number of amides is 1. The number of rotatable bonds is 9. The van der Waals surface area contributed by atoms with Gasteiger partial charge in [-0.15, -0.1) is 0 Å². The molecule has 1 aliphatic heterocycles. The Morgan fingerprint density at radius 1 is 1.21 bits per heavy atom. The molecule has 0 saturated carbocycles. The Hall–Kier alpha value is -2.59. The molecule has 0 spiro atoms.